The van der Waals surface area contributed by atoms with E-state index in [-0.39, 0.29) is 35.9 Å². The Morgan fingerprint density at radius 2 is 1.78 bits per heavy atom. The number of anilines is 2. The Hall–Kier alpha value is -4.01. The number of H-pyrrole nitrogens is 1. The summed E-state index contributed by atoms with van der Waals surface area (Å²) < 4.78 is 14.3. The van der Waals surface area contributed by atoms with Gasteiger partial charge < -0.3 is 10.6 Å². The van der Waals surface area contributed by atoms with E-state index in [1.807, 2.05) is 31.2 Å². The maximum absolute atomic E-state index is 13.0. The lowest BCUT2D eigenvalue weighted by atomic mass is 10.1. The van der Waals surface area contributed by atoms with Gasteiger partial charge in [-0.1, -0.05) is 29.8 Å². The van der Waals surface area contributed by atoms with E-state index in [0.717, 1.165) is 5.56 Å². The van der Waals surface area contributed by atoms with Gasteiger partial charge in [-0.25, -0.2) is 9.37 Å². The molecule has 0 saturated carbocycles. The lowest BCUT2D eigenvalue weighted by Gasteiger charge is -2.06. The van der Waals surface area contributed by atoms with Gasteiger partial charge in [-0.2, -0.15) is 9.50 Å². The number of hydrogen-bond acceptors (Lipinski definition) is 5. The van der Waals surface area contributed by atoms with Gasteiger partial charge in [0.2, 0.25) is 11.9 Å². The zero-order valence-electron chi connectivity index (χ0n) is 17.8. The second-order valence-electron chi connectivity index (χ2n) is 7.58. The molecule has 0 aliphatic rings. The highest BCUT2D eigenvalue weighted by Gasteiger charge is 2.15. The van der Waals surface area contributed by atoms with Crippen molar-refractivity contribution >= 4 is 23.3 Å². The van der Waals surface area contributed by atoms with E-state index in [1.54, 1.807) is 6.92 Å². The van der Waals surface area contributed by atoms with E-state index in [1.165, 1.54) is 34.3 Å². The van der Waals surface area contributed by atoms with E-state index in [2.05, 4.69) is 25.7 Å². The minimum Gasteiger partial charge on any atom is -0.351 e. The number of rotatable bonds is 7. The molecule has 4 rings (SSSR count). The first-order valence-corrected chi connectivity index (χ1v) is 10.2. The molecular formula is C23H23FN6O2. The van der Waals surface area contributed by atoms with Gasteiger partial charge in [-0.15, -0.1) is 0 Å². The first kappa shape index (κ1) is 21.2. The zero-order chi connectivity index (χ0) is 22.7. The van der Waals surface area contributed by atoms with Gasteiger partial charge in [-0.05, 0) is 50.1 Å². The summed E-state index contributed by atoms with van der Waals surface area (Å²) in [6, 6.07) is 13.6. The van der Waals surface area contributed by atoms with Crippen LogP contribution in [0.2, 0.25) is 0 Å². The molecule has 0 saturated heterocycles. The van der Waals surface area contributed by atoms with Gasteiger partial charge in [0.25, 0.3) is 11.3 Å². The fourth-order valence-electron chi connectivity index (χ4n) is 3.31. The topological polar surface area (TPSA) is 104 Å². The second kappa shape index (κ2) is 9.01. The average molecular weight is 434 g/mol. The number of amides is 1. The molecule has 0 unspecified atom stereocenters. The monoisotopic (exact) mass is 434 g/mol. The molecule has 0 fully saturated rings. The van der Waals surface area contributed by atoms with Crippen molar-refractivity contribution in [1.82, 2.24) is 19.6 Å². The molecule has 0 aliphatic carbocycles. The Morgan fingerprint density at radius 1 is 1.06 bits per heavy atom. The van der Waals surface area contributed by atoms with Crippen molar-refractivity contribution in [1.29, 1.82) is 0 Å². The van der Waals surface area contributed by atoms with Crippen LogP contribution in [0.4, 0.5) is 16.0 Å². The smallest absolute Gasteiger partial charge is 0.277 e. The highest BCUT2D eigenvalue weighted by molar-refractivity contribution is 5.90. The molecule has 9 heteroatoms. The summed E-state index contributed by atoms with van der Waals surface area (Å²) in [6.45, 7) is 4.30. The van der Waals surface area contributed by atoms with Crippen LogP contribution in [0, 0.1) is 19.7 Å². The Morgan fingerprint density at radius 3 is 2.50 bits per heavy atom. The van der Waals surface area contributed by atoms with E-state index in [9.17, 15) is 14.0 Å². The first-order valence-electron chi connectivity index (χ1n) is 10.2. The van der Waals surface area contributed by atoms with Crippen LogP contribution in [0.1, 0.15) is 28.8 Å². The molecular weight excluding hydrogens is 411 g/mol. The Labute approximate surface area is 183 Å². The number of aromatic amines is 1. The molecule has 8 nitrogen and oxygen atoms in total. The predicted octanol–water partition coefficient (Wildman–Crippen LogP) is 3.36. The van der Waals surface area contributed by atoms with E-state index in [4.69, 9.17) is 0 Å². The van der Waals surface area contributed by atoms with E-state index in [0.29, 0.717) is 29.4 Å². The fourth-order valence-corrected chi connectivity index (χ4v) is 3.31. The van der Waals surface area contributed by atoms with Gasteiger partial charge in [0, 0.05) is 24.2 Å². The highest BCUT2D eigenvalue weighted by atomic mass is 19.1. The van der Waals surface area contributed by atoms with Crippen molar-refractivity contribution in [3.63, 3.8) is 0 Å². The van der Waals surface area contributed by atoms with Crippen molar-refractivity contribution in [3.8, 4) is 0 Å². The predicted molar refractivity (Wildman–Crippen MR) is 120 cm³/mol. The maximum Gasteiger partial charge on any atom is 0.277 e. The molecule has 4 aromatic rings. The second-order valence-corrected chi connectivity index (χ2v) is 7.58. The number of fused-ring (bicyclic) bond motifs is 1. The third-order valence-electron chi connectivity index (χ3n) is 5.11. The highest BCUT2D eigenvalue weighted by Crippen LogP contribution is 2.11. The lowest BCUT2D eigenvalue weighted by Crippen LogP contribution is -2.23. The standard InChI is InChI=1S/C23H23FN6O2/c1-14-3-5-16(6-4-14)13-25-22-28-23-26-15(2)19(21(32)30(23)29-22)11-12-20(31)27-18-9-7-17(24)8-10-18/h3-10H,11-13H2,1-2H3,(H,27,31)(H2,25,26,28,29). The van der Waals surface area contributed by atoms with Crippen LogP contribution in [0.5, 0.6) is 0 Å². The van der Waals surface area contributed by atoms with Gasteiger partial charge in [0.1, 0.15) is 5.82 Å². The van der Waals surface area contributed by atoms with Gasteiger partial charge in [0.05, 0.1) is 5.69 Å². The van der Waals surface area contributed by atoms with Crippen LogP contribution in [0.15, 0.2) is 53.3 Å². The Kier molecular flexibility index (Phi) is 5.98. The molecule has 0 bridgehead atoms. The quantitative estimate of drug-likeness (QED) is 0.414. The van der Waals surface area contributed by atoms with Crippen LogP contribution < -0.4 is 16.2 Å². The molecule has 0 atom stereocenters. The summed E-state index contributed by atoms with van der Waals surface area (Å²) >= 11 is 0. The molecule has 164 valence electrons. The van der Waals surface area contributed by atoms with Gasteiger partial charge >= 0.3 is 0 Å². The summed E-state index contributed by atoms with van der Waals surface area (Å²) in [5.74, 6) is 0.0445. The molecule has 2 heterocycles. The van der Waals surface area contributed by atoms with Crippen LogP contribution in [-0.4, -0.2) is 25.5 Å². The third kappa shape index (κ3) is 4.83. The van der Waals surface area contributed by atoms with Crippen molar-refractivity contribution in [2.45, 2.75) is 33.2 Å². The van der Waals surface area contributed by atoms with Crippen molar-refractivity contribution < 1.29 is 9.18 Å². The van der Waals surface area contributed by atoms with Crippen LogP contribution in [0.25, 0.3) is 5.78 Å². The number of nitrogens with zero attached hydrogens (tertiary/aromatic N) is 3. The summed E-state index contributed by atoms with van der Waals surface area (Å²) in [5.41, 5.74) is 3.43. The summed E-state index contributed by atoms with van der Waals surface area (Å²) in [7, 11) is 0. The first-order chi connectivity index (χ1) is 15.4. The minimum atomic E-state index is -0.377. The number of halogens is 1. The fraction of sp³-hybridized carbons (Fsp3) is 0.217. The van der Waals surface area contributed by atoms with Crippen LogP contribution in [0.3, 0.4) is 0 Å². The maximum atomic E-state index is 13.0. The number of aromatic nitrogens is 4. The number of aryl methyl sites for hydroxylation is 2. The van der Waals surface area contributed by atoms with Crippen molar-refractivity contribution in [3.05, 3.63) is 87.1 Å². The number of hydrogen-bond donors (Lipinski definition) is 3. The lowest BCUT2D eigenvalue weighted by molar-refractivity contribution is -0.116. The van der Waals surface area contributed by atoms with Crippen molar-refractivity contribution in [2.75, 3.05) is 10.6 Å². The molecule has 2 aromatic carbocycles. The Balaban J connectivity index is 1.45. The minimum absolute atomic E-state index is 0.0911. The van der Waals surface area contributed by atoms with Gasteiger partial charge in [-0.3, -0.25) is 14.7 Å². The number of carbonyl (C=O) groups excluding carboxylic acids is 1. The zero-order valence-corrected chi connectivity index (χ0v) is 17.8. The normalized spacial score (nSPS) is 11.0. The molecule has 32 heavy (non-hydrogen) atoms. The number of benzene rings is 2. The largest absolute Gasteiger partial charge is 0.351 e. The molecule has 0 spiro atoms. The molecule has 0 radical (unpaired) electrons. The SMILES string of the molecule is Cc1ccc(CNc2nc3nc(C)c(CCC(=O)Nc4ccc(F)cc4)c(=O)n3[nH]2)cc1. The number of carbonyl (C=O) groups is 1. The van der Waals surface area contributed by atoms with Crippen LogP contribution in [-0.2, 0) is 17.8 Å². The van der Waals surface area contributed by atoms with E-state index < -0.39 is 0 Å². The van der Waals surface area contributed by atoms with Gasteiger partial charge in [0.15, 0.2) is 0 Å². The summed E-state index contributed by atoms with van der Waals surface area (Å²) in [4.78, 5) is 33.9. The molecule has 3 N–H and O–H groups in total. The summed E-state index contributed by atoms with van der Waals surface area (Å²) in [6.07, 6.45) is 0.312. The van der Waals surface area contributed by atoms with E-state index >= 15 is 0 Å². The number of nitrogens with one attached hydrogen (secondary N) is 3. The molecule has 1 amide bonds. The third-order valence-corrected chi connectivity index (χ3v) is 5.11. The average Bonchev–Trinajstić information content (AvgIpc) is 3.18. The Bertz CT molecular complexity index is 1310. The van der Waals surface area contributed by atoms with Crippen LogP contribution >= 0.6 is 0 Å². The van der Waals surface area contributed by atoms with Crippen molar-refractivity contribution in [2.24, 2.45) is 0 Å². The molecule has 0 aliphatic heterocycles. The summed E-state index contributed by atoms with van der Waals surface area (Å²) in [5, 5.41) is 8.78. The molecule has 2 aromatic heterocycles.